The number of allylic oxidation sites excluding steroid dienone is 1. The molecule has 37 heavy (non-hydrogen) atoms. The molecule has 0 aliphatic rings. The number of imidazole rings is 1. The minimum atomic E-state index is -0.653. The molecule has 190 valence electrons. The van der Waals surface area contributed by atoms with Gasteiger partial charge < -0.3 is 9.73 Å². The van der Waals surface area contributed by atoms with Crippen molar-refractivity contribution in [3.05, 3.63) is 90.8 Å². The number of hydrogen-bond donors (Lipinski definition) is 2. The van der Waals surface area contributed by atoms with E-state index in [1.165, 1.54) is 53.7 Å². The molecule has 0 bridgehead atoms. The molecule has 0 saturated heterocycles. The predicted molar refractivity (Wildman–Crippen MR) is 135 cm³/mol. The number of hydrogen-bond acceptors (Lipinski definition) is 9. The first-order chi connectivity index (χ1) is 17.8. The van der Waals surface area contributed by atoms with Crippen molar-refractivity contribution in [3.8, 4) is 0 Å². The molecule has 0 aliphatic heterocycles. The molecule has 0 fully saturated rings. The lowest BCUT2D eigenvalue weighted by Gasteiger charge is -2.10. The highest BCUT2D eigenvalue weighted by atomic mass is 16.6. The first-order valence-electron chi connectivity index (χ1n) is 10.9. The average Bonchev–Trinajstić information content (AvgIpc) is 3.51. The van der Waals surface area contributed by atoms with Crippen molar-refractivity contribution in [2.75, 3.05) is 5.32 Å². The fraction of sp³-hybridized carbons (Fsp3) is 0.174. The van der Waals surface area contributed by atoms with Gasteiger partial charge in [-0.15, -0.1) is 0 Å². The molecule has 1 aromatic carbocycles. The SMILES string of the molecule is Cn1c(=O)c2c(nc(NCc3ccccc3)n2CC(=O)N/N=C/C=C/c2ccc([N+](=O)[O-])o2)n(C)c1=O. The van der Waals surface area contributed by atoms with Crippen LogP contribution in [0, 0.1) is 10.1 Å². The number of amides is 1. The van der Waals surface area contributed by atoms with Crippen molar-refractivity contribution in [1.82, 2.24) is 24.1 Å². The van der Waals surface area contributed by atoms with Crippen molar-refractivity contribution in [1.29, 1.82) is 0 Å². The summed E-state index contributed by atoms with van der Waals surface area (Å²) in [6.45, 7) is 0.0560. The smallest absolute Gasteiger partial charge is 0.401 e. The molecule has 0 saturated carbocycles. The highest BCUT2D eigenvalue weighted by molar-refractivity contribution is 5.83. The van der Waals surface area contributed by atoms with Crippen molar-refractivity contribution in [2.45, 2.75) is 13.1 Å². The van der Waals surface area contributed by atoms with Crippen molar-refractivity contribution < 1.29 is 14.1 Å². The summed E-state index contributed by atoms with van der Waals surface area (Å²) in [7, 11) is 2.84. The third-order valence-corrected chi connectivity index (χ3v) is 5.35. The summed E-state index contributed by atoms with van der Waals surface area (Å²) in [4.78, 5) is 52.3. The Morgan fingerprint density at radius 2 is 1.92 bits per heavy atom. The number of furan rings is 1. The number of nitrogens with zero attached hydrogens (tertiary/aromatic N) is 6. The Hall–Kier alpha value is -5.27. The number of carbonyl (C=O) groups excluding carboxylic acids is 1. The van der Waals surface area contributed by atoms with Gasteiger partial charge in [-0.05, 0) is 23.8 Å². The number of hydrazone groups is 1. The van der Waals surface area contributed by atoms with Crippen LogP contribution in [0.2, 0.25) is 0 Å². The third-order valence-electron chi connectivity index (χ3n) is 5.35. The number of carbonyl (C=O) groups is 1. The maximum atomic E-state index is 12.9. The van der Waals surface area contributed by atoms with Crippen LogP contribution < -0.4 is 22.0 Å². The molecule has 0 spiro atoms. The van der Waals surface area contributed by atoms with Crippen LogP contribution in [0.1, 0.15) is 11.3 Å². The Labute approximate surface area is 208 Å². The average molecular weight is 506 g/mol. The summed E-state index contributed by atoms with van der Waals surface area (Å²) < 4.78 is 8.56. The van der Waals surface area contributed by atoms with Crippen LogP contribution in [0.15, 0.2) is 67.6 Å². The van der Waals surface area contributed by atoms with Crippen LogP contribution in [-0.2, 0) is 32.0 Å². The zero-order valence-corrected chi connectivity index (χ0v) is 19.8. The maximum absolute atomic E-state index is 12.9. The second-order valence-electron chi connectivity index (χ2n) is 7.84. The molecule has 0 aliphatic carbocycles. The van der Waals surface area contributed by atoms with Crippen LogP contribution in [-0.4, -0.2) is 35.7 Å². The lowest BCUT2D eigenvalue weighted by Crippen LogP contribution is -2.38. The molecule has 4 aromatic rings. The molecular formula is C23H22N8O6. The van der Waals surface area contributed by atoms with Crippen LogP contribution in [0.3, 0.4) is 0 Å². The minimum absolute atomic E-state index is 0.0820. The van der Waals surface area contributed by atoms with Gasteiger partial charge in [-0.25, -0.2) is 10.2 Å². The van der Waals surface area contributed by atoms with E-state index in [1.807, 2.05) is 30.3 Å². The van der Waals surface area contributed by atoms with E-state index in [-0.39, 0.29) is 29.4 Å². The van der Waals surface area contributed by atoms with Gasteiger partial charge in [0.15, 0.2) is 11.2 Å². The van der Waals surface area contributed by atoms with Gasteiger partial charge in [-0.3, -0.25) is 33.4 Å². The van der Waals surface area contributed by atoms with E-state index in [0.29, 0.717) is 6.54 Å². The van der Waals surface area contributed by atoms with Crippen LogP contribution in [0.5, 0.6) is 0 Å². The molecule has 14 heteroatoms. The number of aromatic nitrogens is 4. The molecule has 2 N–H and O–H groups in total. The number of nitrogens with one attached hydrogen (secondary N) is 2. The van der Waals surface area contributed by atoms with Crippen molar-refractivity contribution >= 4 is 41.2 Å². The van der Waals surface area contributed by atoms with Gasteiger partial charge in [0.1, 0.15) is 17.2 Å². The minimum Gasteiger partial charge on any atom is -0.401 e. The molecule has 3 aromatic heterocycles. The number of anilines is 1. The van der Waals surface area contributed by atoms with Gasteiger partial charge in [-0.1, -0.05) is 30.3 Å². The molecule has 3 heterocycles. The molecule has 0 atom stereocenters. The zero-order chi connectivity index (χ0) is 26.5. The monoisotopic (exact) mass is 506 g/mol. The lowest BCUT2D eigenvalue weighted by molar-refractivity contribution is -0.402. The molecule has 14 nitrogen and oxygen atoms in total. The fourth-order valence-corrected chi connectivity index (χ4v) is 3.51. The predicted octanol–water partition coefficient (Wildman–Crippen LogP) is 1.36. The van der Waals surface area contributed by atoms with E-state index in [4.69, 9.17) is 4.42 Å². The van der Waals surface area contributed by atoms with Crippen molar-refractivity contribution in [2.24, 2.45) is 19.2 Å². The number of fused-ring (bicyclic) bond motifs is 1. The van der Waals surface area contributed by atoms with Gasteiger partial charge in [0.05, 0.1) is 6.07 Å². The van der Waals surface area contributed by atoms with Crippen LogP contribution >= 0.6 is 0 Å². The molecule has 0 radical (unpaired) electrons. The first kappa shape index (κ1) is 24.8. The highest BCUT2D eigenvalue weighted by Gasteiger charge is 2.20. The Balaban J connectivity index is 1.54. The van der Waals surface area contributed by atoms with E-state index in [2.05, 4.69) is 20.8 Å². The van der Waals surface area contributed by atoms with Crippen molar-refractivity contribution in [3.63, 3.8) is 0 Å². The van der Waals surface area contributed by atoms with Crippen LogP contribution in [0.25, 0.3) is 17.2 Å². The molecular weight excluding hydrogens is 484 g/mol. The van der Waals surface area contributed by atoms with Crippen LogP contribution in [0.4, 0.5) is 11.8 Å². The number of aryl methyl sites for hydroxylation is 1. The van der Waals surface area contributed by atoms with E-state index in [1.54, 1.807) is 0 Å². The summed E-state index contributed by atoms with van der Waals surface area (Å²) >= 11 is 0. The standard InChI is InChI=1S/C23H22N8O6/c1-28-20-19(21(33)29(2)23(28)34)30(22(26-20)24-13-15-7-4-3-5-8-15)14-17(32)27-25-12-6-9-16-10-11-18(37-16)31(35)36/h3-12H,13-14H2,1-2H3,(H,24,26)(H,27,32)/b9-6+,25-12+. The van der Waals surface area contributed by atoms with Gasteiger partial charge in [0.25, 0.3) is 11.5 Å². The summed E-state index contributed by atoms with van der Waals surface area (Å²) in [5.41, 5.74) is 2.37. The molecule has 1 amide bonds. The zero-order valence-electron chi connectivity index (χ0n) is 19.8. The highest BCUT2D eigenvalue weighted by Crippen LogP contribution is 2.17. The quantitative estimate of drug-likeness (QED) is 0.195. The largest absolute Gasteiger partial charge is 0.433 e. The Morgan fingerprint density at radius 1 is 1.16 bits per heavy atom. The number of nitro groups is 1. The Kier molecular flexibility index (Phi) is 7.09. The second kappa shape index (κ2) is 10.6. The Bertz CT molecular complexity index is 1640. The topological polar surface area (TPSA) is 172 Å². The van der Waals surface area contributed by atoms with Gasteiger partial charge >= 0.3 is 11.6 Å². The van der Waals surface area contributed by atoms with E-state index >= 15 is 0 Å². The fourth-order valence-electron chi connectivity index (χ4n) is 3.51. The summed E-state index contributed by atoms with van der Waals surface area (Å²) in [6.07, 6.45) is 4.12. The maximum Gasteiger partial charge on any atom is 0.433 e. The Morgan fingerprint density at radius 3 is 2.62 bits per heavy atom. The number of benzene rings is 1. The first-order valence-corrected chi connectivity index (χ1v) is 10.9. The van der Waals surface area contributed by atoms with E-state index in [9.17, 15) is 24.5 Å². The van der Waals surface area contributed by atoms with Gasteiger partial charge in [0.2, 0.25) is 5.95 Å². The second-order valence-corrected chi connectivity index (χ2v) is 7.84. The lowest BCUT2D eigenvalue weighted by atomic mass is 10.2. The summed E-state index contributed by atoms with van der Waals surface area (Å²) in [5.74, 6) is -0.477. The van der Waals surface area contributed by atoms with E-state index in [0.717, 1.165) is 10.1 Å². The summed E-state index contributed by atoms with van der Waals surface area (Å²) in [5, 5.41) is 17.6. The molecule has 0 unspecified atom stereocenters. The molecule has 4 rings (SSSR count). The van der Waals surface area contributed by atoms with Gasteiger partial charge in [0, 0.05) is 26.9 Å². The van der Waals surface area contributed by atoms with E-state index < -0.39 is 28.0 Å². The van der Waals surface area contributed by atoms with Gasteiger partial charge in [-0.2, -0.15) is 10.1 Å². The summed E-state index contributed by atoms with van der Waals surface area (Å²) in [6, 6.07) is 12.1. The number of rotatable bonds is 9. The normalized spacial score (nSPS) is 11.5. The third kappa shape index (κ3) is 5.37.